The van der Waals surface area contributed by atoms with Gasteiger partial charge in [-0.05, 0) is 43.3 Å². The zero-order valence-electron chi connectivity index (χ0n) is 18.6. The molecule has 3 rings (SSSR count). The highest BCUT2D eigenvalue weighted by Crippen LogP contribution is 2.27. The van der Waals surface area contributed by atoms with Crippen LogP contribution in [0.4, 0.5) is 13.2 Å². The summed E-state index contributed by atoms with van der Waals surface area (Å²) < 4.78 is 44.0. The largest absolute Gasteiger partial charge is 0.471 e. The van der Waals surface area contributed by atoms with Crippen LogP contribution in [-0.4, -0.2) is 44.2 Å². The fourth-order valence-electron chi connectivity index (χ4n) is 3.57. The molecule has 0 unspecified atom stereocenters. The Labute approximate surface area is 186 Å². The normalized spacial score (nSPS) is 12.6. The van der Waals surface area contributed by atoms with Crippen molar-refractivity contribution >= 4 is 23.2 Å². The Kier molecular flexibility index (Phi) is 8.44. The minimum Gasteiger partial charge on any atom is -0.329 e. The highest BCUT2D eigenvalue weighted by atomic mass is 19.4. The van der Waals surface area contributed by atoms with Gasteiger partial charge in [-0.3, -0.25) is 0 Å². The van der Waals surface area contributed by atoms with Crippen LogP contribution in [0.25, 0.3) is 23.2 Å². The second-order valence-corrected chi connectivity index (χ2v) is 7.82. The zero-order chi connectivity index (χ0) is 23.0. The van der Waals surface area contributed by atoms with Crippen molar-refractivity contribution in [3.05, 3.63) is 41.8 Å². The third-order valence-electron chi connectivity index (χ3n) is 5.44. The molecule has 0 fully saturated rings. The average Bonchev–Trinajstić information content (AvgIpc) is 3.41. The fourth-order valence-corrected chi connectivity index (χ4v) is 3.57. The van der Waals surface area contributed by atoms with Crippen molar-refractivity contribution in [2.24, 2.45) is 0 Å². The predicted molar refractivity (Wildman–Crippen MR) is 119 cm³/mol. The molecule has 6 nitrogen and oxygen atoms in total. The van der Waals surface area contributed by atoms with Gasteiger partial charge in [0.05, 0.1) is 17.4 Å². The zero-order valence-corrected chi connectivity index (χ0v) is 18.6. The molecule has 0 aliphatic rings. The molecular weight excluding hydrogens is 419 g/mol. The predicted octanol–water partition coefficient (Wildman–Crippen LogP) is 5.90. The smallest absolute Gasteiger partial charge is 0.329 e. The summed E-state index contributed by atoms with van der Waals surface area (Å²) in [6.45, 7) is 8.40. The van der Waals surface area contributed by atoms with Crippen molar-refractivity contribution in [1.29, 1.82) is 0 Å². The SMILES string of the molecule is CCCCCCCN(CC)CCn1cnc2cc(/C=C/c3noc(C(F)(F)F)n3)ccc21. The van der Waals surface area contributed by atoms with Gasteiger partial charge in [0, 0.05) is 13.1 Å². The maximum absolute atomic E-state index is 12.5. The van der Waals surface area contributed by atoms with Crippen LogP contribution in [0, 0.1) is 0 Å². The topological polar surface area (TPSA) is 60.0 Å². The summed E-state index contributed by atoms with van der Waals surface area (Å²) in [4.78, 5) is 10.3. The number of imidazole rings is 1. The first kappa shape index (κ1) is 24.0. The lowest BCUT2D eigenvalue weighted by atomic mass is 10.1. The van der Waals surface area contributed by atoms with Crippen molar-refractivity contribution in [3.63, 3.8) is 0 Å². The minimum atomic E-state index is -4.65. The van der Waals surface area contributed by atoms with Gasteiger partial charge in [0.25, 0.3) is 0 Å². The van der Waals surface area contributed by atoms with Crippen molar-refractivity contribution in [2.75, 3.05) is 19.6 Å². The Bertz CT molecular complexity index is 1010. The number of fused-ring (bicyclic) bond motifs is 1. The average molecular weight is 450 g/mol. The summed E-state index contributed by atoms with van der Waals surface area (Å²) in [6, 6.07) is 5.76. The monoisotopic (exact) mass is 449 g/mol. The maximum Gasteiger partial charge on any atom is 0.471 e. The van der Waals surface area contributed by atoms with E-state index in [1.165, 1.54) is 38.2 Å². The maximum atomic E-state index is 12.5. The summed E-state index contributed by atoms with van der Waals surface area (Å²) in [6.07, 6.45) is 6.63. The van der Waals surface area contributed by atoms with E-state index in [4.69, 9.17) is 0 Å². The molecule has 0 amide bonds. The number of halogens is 3. The molecule has 0 atom stereocenters. The first-order valence-corrected chi connectivity index (χ1v) is 11.2. The molecule has 0 aliphatic heterocycles. The Morgan fingerprint density at radius 2 is 1.88 bits per heavy atom. The molecule has 9 heteroatoms. The van der Waals surface area contributed by atoms with Gasteiger partial charge in [-0.15, -0.1) is 0 Å². The third kappa shape index (κ3) is 6.66. The molecule has 1 aromatic carbocycles. The van der Waals surface area contributed by atoms with Crippen LogP contribution in [-0.2, 0) is 12.7 Å². The number of unbranched alkanes of at least 4 members (excludes halogenated alkanes) is 4. The molecule has 0 radical (unpaired) electrons. The minimum absolute atomic E-state index is 0.127. The van der Waals surface area contributed by atoms with E-state index in [9.17, 15) is 13.2 Å². The van der Waals surface area contributed by atoms with Crippen LogP contribution in [0.5, 0.6) is 0 Å². The molecule has 32 heavy (non-hydrogen) atoms. The molecule has 3 aromatic rings. The van der Waals surface area contributed by atoms with Crippen LogP contribution in [0.15, 0.2) is 29.0 Å². The number of hydrogen-bond donors (Lipinski definition) is 0. The lowest BCUT2D eigenvalue weighted by molar-refractivity contribution is -0.159. The molecule has 2 aromatic heterocycles. The van der Waals surface area contributed by atoms with Crippen molar-refractivity contribution in [1.82, 2.24) is 24.6 Å². The van der Waals surface area contributed by atoms with Gasteiger partial charge < -0.3 is 14.0 Å². The number of likely N-dealkylation sites (N-methyl/N-ethyl adjacent to an activating group) is 1. The van der Waals surface area contributed by atoms with Crippen LogP contribution >= 0.6 is 0 Å². The first-order valence-electron chi connectivity index (χ1n) is 11.2. The van der Waals surface area contributed by atoms with Crippen molar-refractivity contribution in [2.45, 2.75) is 58.7 Å². The number of nitrogens with zero attached hydrogens (tertiary/aromatic N) is 5. The molecule has 0 aliphatic carbocycles. The third-order valence-corrected chi connectivity index (χ3v) is 5.44. The van der Waals surface area contributed by atoms with Crippen molar-refractivity contribution < 1.29 is 17.7 Å². The number of hydrogen-bond acceptors (Lipinski definition) is 5. The van der Waals surface area contributed by atoms with Gasteiger partial charge in [-0.2, -0.15) is 18.2 Å². The van der Waals surface area contributed by atoms with E-state index in [1.807, 2.05) is 24.5 Å². The molecule has 0 spiro atoms. The van der Waals surface area contributed by atoms with E-state index in [2.05, 4.69) is 43.0 Å². The van der Waals surface area contributed by atoms with Gasteiger partial charge in [-0.25, -0.2) is 4.98 Å². The Morgan fingerprint density at radius 1 is 1.06 bits per heavy atom. The quantitative estimate of drug-likeness (QED) is 0.322. The summed E-state index contributed by atoms with van der Waals surface area (Å²) in [5.74, 6) is -1.48. The number of aromatic nitrogens is 4. The Morgan fingerprint density at radius 3 is 2.59 bits per heavy atom. The highest BCUT2D eigenvalue weighted by molar-refractivity contribution is 5.80. The van der Waals surface area contributed by atoms with Crippen LogP contribution < -0.4 is 0 Å². The molecule has 0 saturated heterocycles. The van der Waals surface area contributed by atoms with Crippen LogP contribution in [0.3, 0.4) is 0 Å². The fraction of sp³-hybridized carbons (Fsp3) is 0.522. The molecule has 0 N–H and O–H groups in total. The second kappa shape index (κ2) is 11.3. The first-order chi connectivity index (χ1) is 15.4. The van der Waals surface area contributed by atoms with E-state index in [1.54, 1.807) is 6.08 Å². The van der Waals surface area contributed by atoms with Gasteiger partial charge in [-0.1, -0.05) is 56.8 Å². The molecule has 174 valence electrons. The highest BCUT2D eigenvalue weighted by Gasteiger charge is 2.38. The standard InChI is InChI=1S/C23H30F3N5O/c1-3-5-6-7-8-13-30(4-2)14-15-31-17-27-19-16-18(9-11-20(19)31)10-12-21-28-22(32-29-21)23(24,25)26/h9-12,16-17H,3-8,13-15H2,1-2H3/b12-10+. The molecular formula is C23H30F3N5O. The molecule has 0 bridgehead atoms. The van der Waals surface area contributed by atoms with Gasteiger partial charge in [0.1, 0.15) is 0 Å². The number of alkyl halides is 3. The summed E-state index contributed by atoms with van der Waals surface area (Å²) in [7, 11) is 0. The molecule has 0 saturated carbocycles. The Balaban J connectivity index is 1.57. The summed E-state index contributed by atoms with van der Waals surface area (Å²) in [5, 5.41) is 3.33. The van der Waals surface area contributed by atoms with Crippen LogP contribution in [0.2, 0.25) is 0 Å². The van der Waals surface area contributed by atoms with Gasteiger partial charge >= 0.3 is 12.1 Å². The van der Waals surface area contributed by atoms with E-state index in [-0.39, 0.29) is 5.82 Å². The molecule has 2 heterocycles. The summed E-state index contributed by atoms with van der Waals surface area (Å²) >= 11 is 0. The Hall–Kier alpha value is -2.68. The van der Waals surface area contributed by atoms with E-state index in [0.717, 1.165) is 42.8 Å². The number of benzene rings is 1. The van der Waals surface area contributed by atoms with Crippen LogP contribution in [0.1, 0.15) is 63.2 Å². The number of rotatable bonds is 12. The van der Waals surface area contributed by atoms with Gasteiger partial charge in [0.2, 0.25) is 0 Å². The lowest BCUT2D eigenvalue weighted by Crippen LogP contribution is -2.28. The van der Waals surface area contributed by atoms with E-state index in [0.29, 0.717) is 0 Å². The lowest BCUT2D eigenvalue weighted by Gasteiger charge is -2.20. The second-order valence-electron chi connectivity index (χ2n) is 7.82. The van der Waals surface area contributed by atoms with Crippen molar-refractivity contribution in [3.8, 4) is 0 Å². The summed E-state index contributed by atoms with van der Waals surface area (Å²) in [5.41, 5.74) is 2.65. The van der Waals surface area contributed by atoms with E-state index >= 15 is 0 Å². The van der Waals surface area contributed by atoms with Gasteiger partial charge in [0.15, 0.2) is 5.82 Å². The van der Waals surface area contributed by atoms with E-state index < -0.39 is 12.1 Å².